The molecule has 0 amide bonds. The molecule has 10 heteroatoms. The van der Waals surface area contributed by atoms with E-state index in [1.807, 2.05) is 18.5 Å². The number of hydrogen-bond donors (Lipinski definition) is 2. The van der Waals surface area contributed by atoms with Gasteiger partial charge in [0.15, 0.2) is 11.8 Å². The van der Waals surface area contributed by atoms with E-state index >= 15 is 0 Å². The molecule has 1 saturated heterocycles. The van der Waals surface area contributed by atoms with E-state index in [-0.39, 0.29) is 24.0 Å². The van der Waals surface area contributed by atoms with Crippen LogP contribution in [-0.4, -0.2) is 71.6 Å². The highest BCUT2D eigenvalue weighted by atomic mass is 127. The van der Waals surface area contributed by atoms with E-state index < -0.39 is 0 Å². The molecule has 28 heavy (non-hydrogen) atoms. The quantitative estimate of drug-likeness (QED) is 0.312. The van der Waals surface area contributed by atoms with Gasteiger partial charge in [-0.1, -0.05) is 6.07 Å². The summed E-state index contributed by atoms with van der Waals surface area (Å²) in [7, 11) is 1.97. The summed E-state index contributed by atoms with van der Waals surface area (Å²) in [6, 6.07) is 4.25. The van der Waals surface area contributed by atoms with E-state index in [9.17, 15) is 0 Å². The molecule has 2 aromatic heterocycles. The highest BCUT2D eigenvalue weighted by Gasteiger charge is 2.10. The first kappa shape index (κ1) is 23.0. The van der Waals surface area contributed by atoms with E-state index in [1.165, 1.54) is 4.88 Å². The van der Waals surface area contributed by atoms with Crippen LogP contribution in [0.25, 0.3) is 0 Å². The Morgan fingerprint density at radius 1 is 1.25 bits per heavy atom. The van der Waals surface area contributed by atoms with E-state index in [0.29, 0.717) is 6.54 Å². The van der Waals surface area contributed by atoms with Crippen molar-refractivity contribution in [3.63, 3.8) is 0 Å². The van der Waals surface area contributed by atoms with Crippen LogP contribution < -0.4 is 10.6 Å². The van der Waals surface area contributed by atoms with Crippen molar-refractivity contribution >= 4 is 41.3 Å². The smallest absolute Gasteiger partial charge is 0.191 e. The number of hydrogen-bond acceptors (Lipinski definition) is 6. The Labute approximate surface area is 187 Å². The second-order valence-corrected chi connectivity index (χ2v) is 7.56. The number of ether oxygens (including phenoxy) is 1. The van der Waals surface area contributed by atoms with Crippen LogP contribution in [-0.2, 0) is 24.8 Å². The molecule has 1 fully saturated rings. The van der Waals surface area contributed by atoms with Crippen molar-refractivity contribution in [2.75, 3.05) is 45.9 Å². The Bertz CT molecular complexity index is 714. The summed E-state index contributed by atoms with van der Waals surface area (Å²) in [5.74, 6) is 2.58. The molecular formula is C18H30IN7OS. The van der Waals surface area contributed by atoms with Gasteiger partial charge >= 0.3 is 0 Å². The number of nitrogens with one attached hydrogen (secondary N) is 2. The molecular weight excluding hydrogens is 489 g/mol. The third-order valence-corrected chi connectivity index (χ3v) is 5.57. The van der Waals surface area contributed by atoms with Gasteiger partial charge in [-0.15, -0.1) is 45.5 Å². The predicted octanol–water partition coefficient (Wildman–Crippen LogP) is 1.41. The largest absolute Gasteiger partial charge is 0.379 e. The Hall–Kier alpha value is -1.24. The van der Waals surface area contributed by atoms with Gasteiger partial charge in [-0.05, 0) is 24.8 Å². The van der Waals surface area contributed by atoms with Gasteiger partial charge in [0, 0.05) is 44.6 Å². The van der Waals surface area contributed by atoms with E-state index in [1.54, 1.807) is 11.3 Å². The van der Waals surface area contributed by atoms with Crippen molar-refractivity contribution in [1.82, 2.24) is 30.3 Å². The number of aliphatic imine (C=N–C) groups is 1. The van der Waals surface area contributed by atoms with Crippen LogP contribution in [0.4, 0.5) is 0 Å². The van der Waals surface area contributed by atoms with Gasteiger partial charge in [0.25, 0.3) is 0 Å². The third kappa shape index (κ3) is 7.30. The molecule has 1 aliphatic rings. The predicted molar refractivity (Wildman–Crippen MR) is 124 cm³/mol. The number of aryl methyl sites for hydroxylation is 1. The maximum atomic E-state index is 5.40. The average molecular weight is 519 g/mol. The highest BCUT2D eigenvalue weighted by Crippen LogP contribution is 2.08. The fourth-order valence-corrected chi connectivity index (χ4v) is 3.54. The highest BCUT2D eigenvalue weighted by molar-refractivity contribution is 14.0. The zero-order chi connectivity index (χ0) is 18.9. The van der Waals surface area contributed by atoms with Gasteiger partial charge < -0.3 is 19.9 Å². The lowest BCUT2D eigenvalue weighted by Gasteiger charge is -2.26. The molecule has 0 spiro atoms. The summed E-state index contributed by atoms with van der Waals surface area (Å²) < 4.78 is 7.38. The Kier molecular flexibility index (Phi) is 10.2. The monoisotopic (exact) mass is 519 g/mol. The lowest BCUT2D eigenvalue weighted by Crippen LogP contribution is -2.44. The minimum absolute atomic E-state index is 0. The first-order valence-corrected chi connectivity index (χ1v) is 10.3. The van der Waals surface area contributed by atoms with Crippen LogP contribution in [0.5, 0.6) is 0 Å². The van der Waals surface area contributed by atoms with Crippen LogP contribution >= 0.6 is 35.3 Å². The molecule has 0 bridgehead atoms. The van der Waals surface area contributed by atoms with Gasteiger partial charge in [0.1, 0.15) is 12.4 Å². The summed E-state index contributed by atoms with van der Waals surface area (Å²) in [6.07, 6.45) is 0.991. The Morgan fingerprint density at radius 3 is 2.71 bits per heavy atom. The molecule has 156 valence electrons. The molecule has 2 N–H and O–H groups in total. The zero-order valence-electron chi connectivity index (χ0n) is 16.6. The Balaban J connectivity index is 0.00000280. The number of halogens is 1. The maximum absolute atomic E-state index is 5.40. The topological polar surface area (TPSA) is 79.6 Å². The fraction of sp³-hybridized carbons (Fsp3) is 0.611. The van der Waals surface area contributed by atoms with Crippen LogP contribution in [0.3, 0.4) is 0 Å². The van der Waals surface area contributed by atoms with E-state index in [4.69, 9.17) is 9.73 Å². The molecule has 0 aliphatic carbocycles. The van der Waals surface area contributed by atoms with Crippen molar-refractivity contribution in [3.05, 3.63) is 34.0 Å². The number of aromatic nitrogens is 3. The first-order valence-electron chi connectivity index (χ1n) is 9.42. The molecule has 3 rings (SSSR count). The van der Waals surface area contributed by atoms with Crippen LogP contribution in [0.1, 0.15) is 16.5 Å². The van der Waals surface area contributed by atoms with E-state index in [0.717, 1.165) is 70.0 Å². The summed E-state index contributed by atoms with van der Waals surface area (Å²) in [6.45, 7) is 8.78. The second kappa shape index (κ2) is 12.3. The Morgan fingerprint density at radius 2 is 2.04 bits per heavy atom. The summed E-state index contributed by atoms with van der Waals surface area (Å²) in [5.41, 5.74) is 0. The van der Waals surface area contributed by atoms with Gasteiger partial charge in [0.2, 0.25) is 0 Å². The molecule has 0 atom stereocenters. The first-order chi connectivity index (χ1) is 13.2. The molecule has 2 aromatic rings. The average Bonchev–Trinajstić information content (AvgIpc) is 3.31. The number of nitrogens with zero attached hydrogens (tertiary/aromatic N) is 5. The van der Waals surface area contributed by atoms with Gasteiger partial charge in [0.05, 0.1) is 13.2 Å². The summed E-state index contributed by atoms with van der Waals surface area (Å²) >= 11 is 1.79. The zero-order valence-corrected chi connectivity index (χ0v) is 19.7. The minimum Gasteiger partial charge on any atom is -0.379 e. The lowest BCUT2D eigenvalue weighted by molar-refractivity contribution is 0.0389. The van der Waals surface area contributed by atoms with Crippen LogP contribution in [0.15, 0.2) is 22.5 Å². The van der Waals surface area contributed by atoms with Crippen molar-refractivity contribution in [2.24, 2.45) is 12.0 Å². The summed E-state index contributed by atoms with van der Waals surface area (Å²) in [5, 5.41) is 17.3. The molecule has 3 heterocycles. The molecule has 0 radical (unpaired) electrons. The number of rotatable bonds is 8. The second-order valence-electron chi connectivity index (χ2n) is 6.52. The van der Waals surface area contributed by atoms with Gasteiger partial charge in [-0.3, -0.25) is 4.90 Å². The van der Waals surface area contributed by atoms with Crippen molar-refractivity contribution in [3.8, 4) is 0 Å². The fourth-order valence-electron chi connectivity index (χ4n) is 2.83. The standard InChI is InChI=1S/C18H29N7OS.HI/c1-15-22-23-17(24(15)2)14-21-18(19-6-5-16-4-3-13-27-16)20-7-8-25-9-11-26-12-10-25;/h3-4,13H,5-12,14H2,1-2H3,(H2,19,20,21);1H. The van der Waals surface area contributed by atoms with Crippen LogP contribution in [0.2, 0.25) is 0 Å². The van der Waals surface area contributed by atoms with Crippen molar-refractivity contribution in [1.29, 1.82) is 0 Å². The molecule has 0 aromatic carbocycles. The maximum Gasteiger partial charge on any atom is 0.191 e. The normalized spacial score (nSPS) is 15.3. The molecule has 0 saturated carbocycles. The van der Waals surface area contributed by atoms with Crippen molar-refractivity contribution < 1.29 is 4.74 Å². The van der Waals surface area contributed by atoms with Crippen LogP contribution in [0, 0.1) is 6.92 Å². The number of guanidine groups is 1. The third-order valence-electron chi connectivity index (χ3n) is 4.63. The van der Waals surface area contributed by atoms with Crippen molar-refractivity contribution in [2.45, 2.75) is 19.9 Å². The SMILES string of the molecule is Cc1nnc(CN=C(NCCc2cccs2)NCCN2CCOCC2)n1C.I. The lowest BCUT2D eigenvalue weighted by atomic mass is 10.3. The number of morpholine rings is 1. The van der Waals surface area contributed by atoms with Gasteiger partial charge in [-0.25, -0.2) is 4.99 Å². The number of thiophene rings is 1. The van der Waals surface area contributed by atoms with E-state index in [2.05, 4.69) is 43.2 Å². The molecule has 0 unspecified atom stereocenters. The molecule has 8 nitrogen and oxygen atoms in total. The molecule has 1 aliphatic heterocycles. The van der Waals surface area contributed by atoms with Gasteiger partial charge in [-0.2, -0.15) is 0 Å². The minimum atomic E-state index is 0. The summed E-state index contributed by atoms with van der Waals surface area (Å²) in [4.78, 5) is 8.48.